The van der Waals surface area contributed by atoms with E-state index >= 15 is 0 Å². The van der Waals surface area contributed by atoms with Gasteiger partial charge in [0.1, 0.15) is 0 Å². The lowest BCUT2D eigenvalue weighted by molar-refractivity contribution is 0.0922. The van der Waals surface area contributed by atoms with E-state index in [2.05, 4.69) is 15.5 Å². The Balaban J connectivity index is 1.95. The van der Waals surface area contributed by atoms with Crippen LogP contribution in [0.1, 0.15) is 36.1 Å². The molecule has 0 bridgehead atoms. The summed E-state index contributed by atoms with van der Waals surface area (Å²) in [5.74, 6) is 1.77. The van der Waals surface area contributed by atoms with Crippen molar-refractivity contribution in [1.29, 1.82) is 0 Å². The van der Waals surface area contributed by atoms with E-state index in [1.807, 2.05) is 42.6 Å². The molecule has 3 aromatic rings. The Hall–Kier alpha value is -3.29. The number of benzene rings is 1. The summed E-state index contributed by atoms with van der Waals surface area (Å²) in [7, 11) is 4.54. The predicted molar refractivity (Wildman–Crippen MR) is 104 cm³/mol. The van der Waals surface area contributed by atoms with Crippen LogP contribution >= 0.6 is 0 Å². The quantitative estimate of drug-likeness (QED) is 0.674. The summed E-state index contributed by atoms with van der Waals surface area (Å²) in [5.41, 5.74) is 1.12. The van der Waals surface area contributed by atoms with Crippen molar-refractivity contribution < 1.29 is 19.0 Å². The van der Waals surface area contributed by atoms with E-state index in [-0.39, 0.29) is 17.9 Å². The molecule has 1 N–H and O–H groups in total. The zero-order valence-corrected chi connectivity index (χ0v) is 16.6. The third-order valence-corrected chi connectivity index (χ3v) is 4.50. The van der Waals surface area contributed by atoms with E-state index in [0.717, 1.165) is 5.65 Å². The number of carbonyl (C=O) groups excluding carboxylic acids is 1. The Kier molecular flexibility index (Phi) is 5.67. The van der Waals surface area contributed by atoms with Crippen molar-refractivity contribution >= 4 is 11.6 Å². The Bertz CT molecular complexity index is 958. The molecule has 0 saturated carbocycles. The van der Waals surface area contributed by atoms with Gasteiger partial charge in [-0.1, -0.05) is 19.9 Å². The van der Waals surface area contributed by atoms with Gasteiger partial charge in [0.15, 0.2) is 23.0 Å². The van der Waals surface area contributed by atoms with Crippen LogP contribution in [0.5, 0.6) is 17.2 Å². The third kappa shape index (κ3) is 3.58. The van der Waals surface area contributed by atoms with Crippen molar-refractivity contribution in [2.45, 2.75) is 19.9 Å². The lowest BCUT2D eigenvalue weighted by atomic mass is 10.0. The molecule has 0 aliphatic rings. The second kappa shape index (κ2) is 8.16. The van der Waals surface area contributed by atoms with Gasteiger partial charge in [-0.2, -0.15) is 0 Å². The highest BCUT2D eigenvalue weighted by molar-refractivity contribution is 5.95. The fraction of sp³-hybridized carbons (Fsp3) is 0.350. The first kappa shape index (κ1) is 19.5. The standard InChI is InChI=1S/C20H24N4O4/c1-12(2)17(19-23-22-16-8-6-7-9-24(16)19)21-20(25)13-10-14(26-3)18(28-5)15(11-13)27-4/h6-12,17H,1-5H3,(H,21,25)/t17-/m0/s1. The van der Waals surface area contributed by atoms with Crippen molar-refractivity contribution in [1.82, 2.24) is 19.9 Å². The van der Waals surface area contributed by atoms with Crippen LogP contribution in [-0.2, 0) is 0 Å². The fourth-order valence-corrected chi connectivity index (χ4v) is 3.04. The molecule has 0 saturated heterocycles. The molecule has 1 aromatic carbocycles. The molecule has 0 aliphatic carbocycles. The summed E-state index contributed by atoms with van der Waals surface area (Å²) >= 11 is 0. The van der Waals surface area contributed by atoms with E-state index in [1.165, 1.54) is 21.3 Å². The number of aromatic nitrogens is 3. The number of fused-ring (bicyclic) bond motifs is 1. The number of pyridine rings is 1. The first-order valence-corrected chi connectivity index (χ1v) is 8.90. The second-order valence-electron chi connectivity index (χ2n) is 6.60. The van der Waals surface area contributed by atoms with Gasteiger partial charge in [0, 0.05) is 11.8 Å². The molecule has 1 atom stereocenters. The number of amides is 1. The number of carbonyl (C=O) groups is 1. The van der Waals surface area contributed by atoms with Crippen LogP contribution < -0.4 is 19.5 Å². The highest BCUT2D eigenvalue weighted by Gasteiger charge is 2.25. The Morgan fingerprint density at radius 3 is 2.29 bits per heavy atom. The minimum absolute atomic E-state index is 0.0959. The van der Waals surface area contributed by atoms with Crippen molar-refractivity contribution in [3.8, 4) is 17.2 Å². The SMILES string of the molecule is COc1cc(C(=O)N[C@H](c2nnc3ccccn23)C(C)C)cc(OC)c1OC. The lowest BCUT2D eigenvalue weighted by Gasteiger charge is -2.21. The van der Waals surface area contributed by atoms with Gasteiger partial charge in [-0.3, -0.25) is 9.20 Å². The number of nitrogens with zero attached hydrogens (tertiary/aromatic N) is 3. The van der Waals surface area contributed by atoms with Gasteiger partial charge >= 0.3 is 0 Å². The average molecular weight is 384 g/mol. The second-order valence-corrected chi connectivity index (χ2v) is 6.60. The number of ether oxygens (including phenoxy) is 3. The molecule has 148 valence electrons. The van der Waals surface area contributed by atoms with Crippen molar-refractivity contribution in [2.75, 3.05) is 21.3 Å². The number of methoxy groups -OCH3 is 3. The Morgan fingerprint density at radius 1 is 1.04 bits per heavy atom. The molecule has 2 aromatic heterocycles. The fourth-order valence-electron chi connectivity index (χ4n) is 3.04. The Labute approximate surface area is 163 Å². The van der Waals surface area contributed by atoms with E-state index < -0.39 is 0 Å². The maximum atomic E-state index is 13.0. The van der Waals surface area contributed by atoms with Gasteiger partial charge in [-0.15, -0.1) is 10.2 Å². The van der Waals surface area contributed by atoms with Crippen LogP contribution in [-0.4, -0.2) is 41.8 Å². The van der Waals surface area contributed by atoms with Crippen molar-refractivity contribution in [3.05, 3.63) is 47.9 Å². The molecule has 28 heavy (non-hydrogen) atoms. The predicted octanol–water partition coefficient (Wildman–Crippen LogP) is 2.88. The number of hydrogen-bond donors (Lipinski definition) is 1. The van der Waals surface area contributed by atoms with Crippen LogP contribution in [0.15, 0.2) is 36.5 Å². The number of hydrogen-bond acceptors (Lipinski definition) is 6. The molecule has 0 unspecified atom stereocenters. The van der Waals surface area contributed by atoms with E-state index in [4.69, 9.17) is 14.2 Å². The van der Waals surface area contributed by atoms with Crippen LogP contribution in [0.2, 0.25) is 0 Å². The summed E-state index contributed by atoms with van der Waals surface area (Å²) in [6, 6.07) is 8.58. The zero-order valence-electron chi connectivity index (χ0n) is 16.6. The van der Waals surface area contributed by atoms with Crippen LogP contribution in [0.3, 0.4) is 0 Å². The summed E-state index contributed by atoms with van der Waals surface area (Å²) in [6.45, 7) is 4.04. The molecule has 3 rings (SSSR count). The summed E-state index contributed by atoms with van der Waals surface area (Å²) < 4.78 is 17.9. The van der Waals surface area contributed by atoms with Crippen LogP contribution in [0.25, 0.3) is 5.65 Å². The molecule has 8 heteroatoms. The van der Waals surface area contributed by atoms with Gasteiger partial charge in [0.2, 0.25) is 5.75 Å². The third-order valence-electron chi connectivity index (χ3n) is 4.50. The minimum atomic E-state index is -0.330. The first-order valence-electron chi connectivity index (χ1n) is 8.90. The molecule has 1 amide bonds. The topological polar surface area (TPSA) is 87.0 Å². The lowest BCUT2D eigenvalue weighted by Crippen LogP contribution is -2.33. The maximum Gasteiger partial charge on any atom is 0.252 e. The molecule has 0 radical (unpaired) electrons. The molecule has 2 heterocycles. The molecular weight excluding hydrogens is 360 g/mol. The summed E-state index contributed by atoms with van der Waals surface area (Å²) in [5, 5.41) is 11.5. The molecule has 0 fully saturated rings. The summed E-state index contributed by atoms with van der Waals surface area (Å²) in [4.78, 5) is 13.0. The average Bonchev–Trinajstić information content (AvgIpc) is 3.14. The van der Waals surface area contributed by atoms with Gasteiger partial charge < -0.3 is 19.5 Å². The molecule has 8 nitrogen and oxygen atoms in total. The van der Waals surface area contributed by atoms with Crippen LogP contribution in [0, 0.1) is 5.92 Å². The van der Waals surface area contributed by atoms with Crippen LogP contribution in [0.4, 0.5) is 0 Å². The molecular formula is C20H24N4O4. The van der Waals surface area contributed by atoms with Gasteiger partial charge in [-0.25, -0.2) is 0 Å². The minimum Gasteiger partial charge on any atom is -0.493 e. The maximum absolute atomic E-state index is 13.0. The zero-order chi connectivity index (χ0) is 20.3. The van der Waals surface area contributed by atoms with E-state index in [0.29, 0.717) is 28.6 Å². The van der Waals surface area contributed by atoms with E-state index in [9.17, 15) is 4.79 Å². The molecule has 0 spiro atoms. The number of rotatable bonds is 7. The van der Waals surface area contributed by atoms with E-state index in [1.54, 1.807) is 12.1 Å². The van der Waals surface area contributed by atoms with Crippen molar-refractivity contribution in [2.24, 2.45) is 5.92 Å². The smallest absolute Gasteiger partial charge is 0.252 e. The largest absolute Gasteiger partial charge is 0.493 e. The first-order chi connectivity index (χ1) is 13.5. The Morgan fingerprint density at radius 2 is 1.71 bits per heavy atom. The highest BCUT2D eigenvalue weighted by atomic mass is 16.5. The molecule has 0 aliphatic heterocycles. The van der Waals surface area contributed by atoms with Gasteiger partial charge in [0.05, 0.1) is 27.4 Å². The summed E-state index contributed by atoms with van der Waals surface area (Å²) in [6.07, 6.45) is 1.88. The van der Waals surface area contributed by atoms with Gasteiger partial charge in [-0.05, 0) is 30.2 Å². The monoisotopic (exact) mass is 384 g/mol. The van der Waals surface area contributed by atoms with Gasteiger partial charge in [0.25, 0.3) is 5.91 Å². The highest BCUT2D eigenvalue weighted by Crippen LogP contribution is 2.38. The normalized spacial score (nSPS) is 12.1. The number of nitrogens with one attached hydrogen (secondary N) is 1. The van der Waals surface area contributed by atoms with Crippen molar-refractivity contribution in [3.63, 3.8) is 0 Å².